The van der Waals surface area contributed by atoms with Crippen LogP contribution in [0.4, 0.5) is 0 Å². The number of hydrogen-bond donors (Lipinski definition) is 2. The highest BCUT2D eigenvalue weighted by atomic mass is 16.1. The molecule has 100 valence electrons. The van der Waals surface area contributed by atoms with E-state index in [2.05, 4.69) is 39.9 Å². The van der Waals surface area contributed by atoms with Crippen LogP contribution in [0.3, 0.4) is 0 Å². The van der Waals surface area contributed by atoms with E-state index in [4.69, 9.17) is 5.73 Å². The summed E-state index contributed by atoms with van der Waals surface area (Å²) in [7, 11) is 0. The summed E-state index contributed by atoms with van der Waals surface area (Å²) in [5, 5.41) is 3.45. The third kappa shape index (κ3) is 3.70. The highest BCUT2D eigenvalue weighted by molar-refractivity contribution is 5.85. The Kier molecular flexibility index (Phi) is 4.23. The predicted octanol–water partition coefficient (Wildman–Crippen LogP) is 2.30. The number of nitrogens with two attached hydrogens (primary N) is 1. The van der Waals surface area contributed by atoms with Crippen molar-refractivity contribution in [3.05, 3.63) is 0 Å². The van der Waals surface area contributed by atoms with Gasteiger partial charge in [0.25, 0.3) is 0 Å². The zero-order chi connectivity index (χ0) is 13.3. The second-order valence-corrected chi connectivity index (χ2v) is 7.08. The third-order valence-electron chi connectivity index (χ3n) is 3.70. The molecule has 1 fully saturated rings. The van der Waals surface area contributed by atoms with Crippen LogP contribution in [0.2, 0.25) is 0 Å². The normalized spacial score (nSPS) is 32.7. The van der Waals surface area contributed by atoms with Crippen LogP contribution in [0, 0.1) is 17.3 Å². The molecule has 1 rings (SSSR count). The number of primary amides is 1. The van der Waals surface area contributed by atoms with Crippen molar-refractivity contribution in [1.82, 2.24) is 5.32 Å². The van der Waals surface area contributed by atoms with Gasteiger partial charge in [-0.1, -0.05) is 34.6 Å². The molecule has 2 unspecified atom stereocenters. The number of amides is 1. The van der Waals surface area contributed by atoms with Crippen LogP contribution >= 0.6 is 0 Å². The Bertz CT molecular complexity index is 286. The van der Waals surface area contributed by atoms with Crippen LogP contribution in [0.25, 0.3) is 0 Å². The molecule has 1 amide bonds. The van der Waals surface area contributed by atoms with Crippen LogP contribution in [0.1, 0.15) is 53.9 Å². The fourth-order valence-corrected chi connectivity index (χ4v) is 3.38. The van der Waals surface area contributed by atoms with Crippen molar-refractivity contribution in [2.45, 2.75) is 59.4 Å². The third-order valence-corrected chi connectivity index (χ3v) is 3.70. The lowest BCUT2D eigenvalue weighted by molar-refractivity contribution is -0.128. The van der Waals surface area contributed by atoms with Gasteiger partial charge < -0.3 is 11.1 Å². The Morgan fingerprint density at radius 3 is 2.41 bits per heavy atom. The standard InChI is InChI=1S/C14H28N2O/c1-10(2)8-16-14(12(15)17)7-11(3)6-13(4,5)9-14/h10-11,16H,6-9H2,1-5H3,(H2,15,17). The van der Waals surface area contributed by atoms with E-state index in [1.54, 1.807) is 0 Å². The van der Waals surface area contributed by atoms with Gasteiger partial charge in [-0.25, -0.2) is 0 Å². The van der Waals surface area contributed by atoms with E-state index < -0.39 is 5.54 Å². The Morgan fingerprint density at radius 2 is 2.00 bits per heavy atom. The number of carbonyl (C=O) groups excluding carboxylic acids is 1. The minimum absolute atomic E-state index is 0.183. The average Bonchev–Trinajstić information content (AvgIpc) is 2.11. The van der Waals surface area contributed by atoms with E-state index in [1.165, 1.54) is 6.42 Å². The zero-order valence-corrected chi connectivity index (χ0v) is 12.0. The van der Waals surface area contributed by atoms with Gasteiger partial charge in [-0.3, -0.25) is 4.79 Å². The summed E-state index contributed by atoms with van der Waals surface area (Å²) in [5.74, 6) is 0.898. The second kappa shape index (κ2) is 4.97. The minimum atomic E-state index is -0.495. The summed E-state index contributed by atoms with van der Waals surface area (Å²) in [6.45, 7) is 11.8. The minimum Gasteiger partial charge on any atom is -0.368 e. The average molecular weight is 240 g/mol. The SMILES string of the molecule is CC(C)CNC1(C(N)=O)CC(C)CC(C)(C)C1. The van der Waals surface area contributed by atoms with Crippen molar-refractivity contribution in [2.75, 3.05) is 6.54 Å². The topological polar surface area (TPSA) is 55.1 Å². The van der Waals surface area contributed by atoms with E-state index in [9.17, 15) is 4.79 Å². The van der Waals surface area contributed by atoms with Crippen molar-refractivity contribution in [3.63, 3.8) is 0 Å². The van der Waals surface area contributed by atoms with Gasteiger partial charge in [0, 0.05) is 0 Å². The smallest absolute Gasteiger partial charge is 0.237 e. The van der Waals surface area contributed by atoms with Crippen molar-refractivity contribution in [3.8, 4) is 0 Å². The Labute approximate surface area is 106 Å². The van der Waals surface area contributed by atoms with Gasteiger partial charge in [-0.2, -0.15) is 0 Å². The first-order valence-electron chi connectivity index (χ1n) is 6.72. The molecule has 0 aliphatic heterocycles. The maximum atomic E-state index is 11.9. The molecule has 3 nitrogen and oxygen atoms in total. The quantitative estimate of drug-likeness (QED) is 0.792. The lowest BCUT2D eigenvalue weighted by Crippen LogP contribution is -2.61. The van der Waals surface area contributed by atoms with Crippen molar-refractivity contribution in [1.29, 1.82) is 0 Å². The van der Waals surface area contributed by atoms with Crippen LogP contribution in [0.5, 0.6) is 0 Å². The van der Waals surface area contributed by atoms with Crippen molar-refractivity contribution in [2.24, 2.45) is 23.0 Å². The van der Waals surface area contributed by atoms with E-state index in [-0.39, 0.29) is 11.3 Å². The largest absolute Gasteiger partial charge is 0.368 e. The molecule has 1 aliphatic carbocycles. The Hall–Kier alpha value is -0.570. The molecule has 1 saturated carbocycles. The first-order valence-corrected chi connectivity index (χ1v) is 6.72. The van der Waals surface area contributed by atoms with Gasteiger partial charge in [0.15, 0.2) is 0 Å². The van der Waals surface area contributed by atoms with Gasteiger partial charge in [-0.15, -0.1) is 0 Å². The maximum Gasteiger partial charge on any atom is 0.237 e. The van der Waals surface area contributed by atoms with Crippen molar-refractivity contribution < 1.29 is 4.79 Å². The van der Waals surface area contributed by atoms with E-state index >= 15 is 0 Å². The zero-order valence-electron chi connectivity index (χ0n) is 12.0. The van der Waals surface area contributed by atoms with Gasteiger partial charge in [-0.05, 0) is 43.1 Å². The lowest BCUT2D eigenvalue weighted by Gasteiger charge is -2.46. The Morgan fingerprint density at radius 1 is 1.41 bits per heavy atom. The summed E-state index contributed by atoms with van der Waals surface area (Å²) in [6, 6.07) is 0. The van der Waals surface area contributed by atoms with Gasteiger partial charge >= 0.3 is 0 Å². The molecule has 0 spiro atoms. The molecular weight excluding hydrogens is 212 g/mol. The van der Waals surface area contributed by atoms with Crippen LogP contribution in [-0.2, 0) is 4.79 Å². The molecule has 0 heterocycles. The number of nitrogens with one attached hydrogen (secondary N) is 1. The summed E-state index contributed by atoms with van der Waals surface area (Å²) in [6.07, 6.45) is 2.90. The summed E-state index contributed by atoms with van der Waals surface area (Å²) >= 11 is 0. The molecule has 0 aromatic heterocycles. The molecule has 0 aromatic rings. The highest BCUT2D eigenvalue weighted by Crippen LogP contribution is 2.43. The van der Waals surface area contributed by atoms with Crippen LogP contribution in [-0.4, -0.2) is 18.0 Å². The molecule has 0 aromatic carbocycles. The number of rotatable bonds is 4. The first-order chi connectivity index (χ1) is 7.67. The molecule has 2 atom stereocenters. The monoisotopic (exact) mass is 240 g/mol. The molecule has 17 heavy (non-hydrogen) atoms. The van der Waals surface area contributed by atoms with E-state index in [1.807, 2.05) is 0 Å². The molecule has 0 radical (unpaired) electrons. The fraction of sp³-hybridized carbons (Fsp3) is 0.929. The molecular formula is C14H28N2O. The maximum absolute atomic E-state index is 11.9. The predicted molar refractivity (Wildman–Crippen MR) is 71.6 cm³/mol. The first kappa shape index (κ1) is 14.5. The fourth-order valence-electron chi connectivity index (χ4n) is 3.38. The van der Waals surface area contributed by atoms with Gasteiger partial charge in [0.05, 0.1) is 5.54 Å². The Balaban J connectivity index is 2.86. The second-order valence-electron chi connectivity index (χ2n) is 7.08. The van der Waals surface area contributed by atoms with Crippen molar-refractivity contribution >= 4 is 5.91 Å². The van der Waals surface area contributed by atoms with Crippen LogP contribution < -0.4 is 11.1 Å². The summed E-state index contributed by atoms with van der Waals surface area (Å²) in [5.41, 5.74) is 5.37. The molecule has 3 heteroatoms. The van der Waals surface area contributed by atoms with Gasteiger partial charge in [0.2, 0.25) is 5.91 Å². The number of hydrogen-bond acceptors (Lipinski definition) is 2. The molecule has 1 aliphatic rings. The van der Waals surface area contributed by atoms with Gasteiger partial charge in [0.1, 0.15) is 0 Å². The van der Waals surface area contributed by atoms with Crippen LogP contribution in [0.15, 0.2) is 0 Å². The highest BCUT2D eigenvalue weighted by Gasteiger charge is 2.46. The number of carbonyl (C=O) groups is 1. The summed E-state index contributed by atoms with van der Waals surface area (Å²) < 4.78 is 0. The lowest BCUT2D eigenvalue weighted by atomic mass is 9.64. The summed E-state index contributed by atoms with van der Waals surface area (Å²) in [4.78, 5) is 11.9. The molecule has 0 saturated heterocycles. The molecule has 0 bridgehead atoms. The van der Waals surface area contributed by atoms with E-state index in [0.29, 0.717) is 11.8 Å². The van der Waals surface area contributed by atoms with E-state index in [0.717, 1.165) is 19.4 Å². The molecule has 3 N–H and O–H groups in total.